The number of benzene rings is 2. The van der Waals surface area contributed by atoms with Crippen LogP contribution in [-0.2, 0) is 0 Å². The number of H-pyrrole nitrogens is 1. The lowest BCUT2D eigenvalue weighted by Gasteiger charge is -2.01. The Morgan fingerprint density at radius 2 is 1.96 bits per heavy atom. The average molecular weight is 352 g/mol. The standard InChI is InChI=1S/C16H12N6O4/c23-13-7-6-10(8-12(13)22(25)26)9-17-20-16-18-15(24)14(19-21-16)11-4-2-1-3-5-11/h1-9,23H,(H2,18,20,21,24)/b17-9+. The predicted octanol–water partition coefficient (Wildman–Crippen LogP) is 1.89. The molecule has 0 amide bonds. The van der Waals surface area contributed by atoms with Crippen LogP contribution < -0.4 is 11.0 Å². The van der Waals surface area contributed by atoms with Gasteiger partial charge in [-0.1, -0.05) is 30.3 Å². The van der Waals surface area contributed by atoms with Gasteiger partial charge in [0.2, 0.25) is 5.95 Å². The number of nitrogens with one attached hydrogen (secondary N) is 2. The molecule has 26 heavy (non-hydrogen) atoms. The van der Waals surface area contributed by atoms with Crippen molar-refractivity contribution in [3.8, 4) is 17.0 Å². The lowest BCUT2D eigenvalue weighted by atomic mass is 10.2. The molecule has 1 aromatic heterocycles. The van der Waals surface area contributed by atoms with E-state index < -0.39 is 21.9 Å². The van der Waals surface area contributed by atoms with Crippen LogP contribution in [-0.4, -0.2) is 31.4 Å². The maximum absolute atomic E-state index is 12.1. The van der Waals surface area contributed by atoms with Crippen molar-refractivity contribution >= 4 is 17.9 Å². The third-order valence-electron chi connectivity index (χ3n) is 3.32. The van der Waals surface area contributed by atoms with Gasteiger partial charge in [0.1, 0.15) is 0 Å². The van der Waals surface area contributed by atoms with Gasteiger partial charge in [-0.2, -0.15) is 5.10 Å². The minimum Gasteiger partial charge on any atom is -0.502 e. The quantitative estimate of drug-likeness (QED) is 0.361. The Morgan fingerprint density at radius 3 is 2.65 bits per heavy atom. The van der Waals surface area contributed by atoms with E-state index in [0.717, 1.165) is 6.07 Å². The number of hydrazone groups is 1. The van der Waals surface area contributed by atoms with Gasteiger partial charge >= 0.3 is 5.69 Å². The summed E-state index contributed by atoms with van der Waals surface area (Å²) in [7, 11) is 0. The third kappa shape index (κ3) is 3.70. The molecule has 0 saturated heterocycles. The van der Waals surface area contributed by atoms with Gasteiger partial charge in [-0.15, -0.1) is 10.2 Å². The molecule has 3 rings (SSSR count). The van der Waals surface area contributed by atoms with Crippen LogP contribution in [0.15, 0.2) is 58.4 Å². The molecular weight excluding hydrogens is 340 g/mol. The number of nitro groups is 1. The third-order valence-corrected chi connectivity index (χ3v) is 3.32. The van der Waals surface area contributed by atoms with Crippen molar-refractivity contribution in [2.45, 2.75) is 0 Å². The Kier molecular flexibility index (Phi) is 4.65. The van der Waals surface area contributed by atoms with Gasteiger partial charge < -0.3 is 5.11 Å². The Hall–Kier alpha value is -4.08. The first-order valence-electron chi connectivity index (χ1n) is 7.33. The Labute approximate surface area is 146 Å². The first-order chi connectivity index (χ1) is 12.5. The summed E-state index contributed by atoms with van der Waals surface area (Å²) < 4.78 is 0. The molecule has 0 unspecified atom stereocenters. The van der Waals surface area contributed by atoms with E-state index in [9.17, 15) is 20.0 Å². The molecule has 0 fully saturated rings. The molecule has 0 spiro atoms. The van der Waals surface area contributed by atoms with Crippen molar-refractivity contribution in [1.82, 2.24) is 15.2 Å². The lowest BCUT2D eigenvalue weighted by Crippen LogP contribution is -2.15. The zero-order chi connectivity index (χ0) is 18.5. The van der Waals surface area contributed by atoms with Crippen molar-refractivity contribution in [2.24, 2.45) is 5.10 Å². The van der Waals surface area contributed by atoms with Gasteiger partial charge in [-0.25, -0.2) is 5.43 Å². The predicted molar refractivity (Wildman–Crippen MR) is 94.1 cm³/mol. The Morgan fingerprint density at radius 1 is 1.19 bits per heavy atom. The van der Waals surface area contributed by atoms with Crippen molar-refractivity contribution in [1.29, 1.82) is 0 Å². The Balaban J connectivity index is 1.75. The molecular formula is C16H12N6O4. The normalized spacial score (nSPS) is 10.8. The van der Waals surface area contributed by atoms with Crippen LogP contribution in [0.25, 0.3) is 11.3 Å². The molecule has 10 nitrogen and oxygen atoms in total. The van der Waals surface area contributed by atoms with Crippen LogP contribution >= 0.6 is 0 Å². The van der Waals surface area contributed by atoms with Gasteiger partial charge in [0.05, 0.1) is 11.1 Å². The van der Waals surface area contributed by atoms with Gasteiger partial charge in [-0.3, -0.25) is 19.9 Å². The minimum absolute atomic E-state index is 0.0132. The number of anilines is 1. The number of rotatable bonds is 5. The summed E-state index contributed by atoms with van der Waals surface area (Å²) in [5, 5.41) is 31.7. The largest absolute Gasteiger partial charge is 0.502 e. The van der Waals surface area contributed by atoms with Crippen LogP contribution in [0, 0.1) is 10.1 Å². The van der Waals surface area contributed by atoms with Crippen molar-refractivity contribution in [3.05, 3.63) is 74.6 Å². The van der Waals surface area contributed by atoms with Crippen molar-refractivity contribution in [3.63, 3.8) is 0 Å². The minimum atomic E-state index is -0.703. The van der Waals surface area contributed by atoms with E-state index in [-0.39, 0.29) is 11.6 Å². The number of aromatic hydroxyl groups is 1. The highest BCUT2D eigenvalue weighted by molar-refractivity contribution is 5.81. The second-order valence-electron chi connectivity index (χ2n) is 5.09. The van der Waals surface area contributed by atoms with Crippen LogP contribution in [0.2, 0.25) is 0 Å². The van der Waals surface area contributed by atoms with Crippen LogP contribution in [0.3, 0.4) is 0 Å². The highest BCUT2D eigenvalue weighted by atomic mass is 16.6. The molecule has 0 radical (unpaired) electrons. The molecule has 10 heteroatoms. The SMILES string of the molecule is O=c1[nH]c(N/N=C/c2ccc(O)c([N+](=O)[O-])c2)nnc1-c1ccccc1. The molecule has 0 aliphatic rings. The molecule has 3 aromatic rings. The first kappa shape index (κ1) is 16.8. The van der Waals surface area contributed by atoms with E-state index in [2.05, 4.69) is 25.7 Å². The summed E-state index contributed by atoms with van der Waals surface area (Å²) in [5.74, 6) is -0.425. The maximum Gasteiger partial charge on any atom is 0.311 e. The molecule has 2 aromatic carbocycles. The van der Waals surface area contributed by atoms with Gasteiger partial charge in [0.25, 0.3) is 5.56 Å². The molecule has 3 N–H and O–H groups in total. The number of phenolic OH excluding ortho intramolecular Hbond substituents is 1. The molecule has 0 saturated carbocycles. The number of aromatic nitrogens is 3. The van der Waals surface area contributed by atoms with E-state index in [1.54, 1.807) is 24.3 Å². The molecule has 0 aliphatic carbocycles. The summed E-state index contributed by atoms with van der Waals surface area (Å²) in [6, 6.07) is 12.7. The highest BCUT2D eigenvalue weighted by Crippen LogP contribution is 2.25. The van der Waals surface area contributed by atoms with Crippen molar-refractivity contribution < 1.29 is 10.0 Å². The number of hydrogen-bond acceptors (Lipinski definition) is 8. The summed E-state index contributed by atoms with van der Waals surface area (Å²) in [4.78, 5) is 24.7. The molecule has 1 heterocycles. The number of phenols is 1. The van der Waals surface area contributed by atoms with Gasteiger partial charge in [-0.05, 0) is 12.1 Å². The van der Waals surface area contributed by atoms with E-state index in [1.807, 2.05) is 6.07 Å². The number of nitrogens with zero attached hydrogens (tertiary/aromatic N) is 4. The smallest absolute Gasteiger partial charge is 0.311 e. The monoisotopic (exact) mass is 352 g/mol. The topological polar surface area (TPSA) is 146 Å². The summed E-state index contributed by atoms with van der Waals surface area (Å²) >= 11 is 0. The number of nitro benzene ring substituents is 1. The number of aromatic amines is 1. The van der Waals surface area contributed by atoms with Crippen LogP contribution in [0.1, 0.15) is 5.56 Å². The van der Waals surface area contributed by atoms with E-state index in [0.29, 0.717) is 11.1 Å². The summed E-state index contributed by atoms with van der Waals surface area (Å²) in [6.07, 6.45) is 1.28. The fraction of sp³-hybridized carbons (Fsp3) is 0. The zero-order valence-corrected chi connectivity index (χ0v) is 13.2. The summed E-state index contributed by atoms with van der Waals surface area (Å²) in [5.41, 5.74) is 2.79. The second-order valence-corrected chi connectivity index (χ2v) is 5.09. The molecule has 130 valence electrons. The number of hydrogen-bond donors (Lipinski definition) is 3. The maximum atomic E-state index is 12.1. The molecule has 0 atom stereocenters. The average Bonchev–Trinajstić information content (AvgIpc) is 2.64. The van der Waals surface area contributed by atoms with E-state index in [4.69, 9.17) is 0 Å². The lowest BCUT2D eigenvalue weighted by molar-refractivity contribution is -0.385. The fourth-order valence-corrected chi connectivity index (χ4v) is 2.11. The second kappa shape index (κ2) is 7.21. The Bertz CT molecular complexity index is 1030. The van der Waals surface area contributed by atoms with Crippen LogP contribution in [0.5, 0.6) is 5.75 Å². The molecule has 0 aliphatic heterocycles. The summed E-state index contributed by atoms with van der Waals surface area (Å²) in [6.45, 7) is 0. The first-order valence-corrected chi connectivity index (χ1v) is 7.33. The van der Waals surface area contributed by atoms with E-state index >= 15 is 0 Å². The van der Waals surface area contributed by atoms with Crippen LogP contribution in [0.4, 0.5) is 11.6 Å². The fourth-order valence-electron chi connectivity index (χ4n) is 2.11. The van der Waals surface area contributed by atoms with Crippen molar-refractivity contribution in [2.75, 3.05) is 5.43 Å². The van der Waals surface area contributed by atoms with E-state index in [1.165, 1.54) is 18.3 Å². The zero-order valence-electron chi connectivity index (χ0n) is 13.2. The highest BCUT2D eigenvalue weighted by Gasteiger charge is 2.12. The van der Waals surface area contributed by atoms with Gasteiger partial charge in [0, 0.05) is 17.2 Å². The molecule has 0 bridgehead atoms. The van der Waals surface area contributed by atoms with Gasteiger partial charge in [0.15, 0.2) is 11.4 Å².